The summed E-state index contributed by atoms with van der Waals surface area (Å²) >= 11 is 0. The van der Waals surface area contributed by atoms with Gasteiger partial charge >= 0.3 is 0 Å². The molecule has 28 heavy (non-hydrogen) atoms. The molecule has 136 valence electrons. The van der Waals surface area contributed by atoms with Gasteiger partial charge in [0, 0.05) is 5.69 Å². The fourth-order valence-corrected chi connectivity index (χ4v) is 4.20. The lowest BCUT2D eigenvalue weighted by Gasteiger charge is -2.18. The molecular formula is C26H21NO. The minimum absolute atomic E-state index is 0.153. The lowest BCUT2D eigenvalue weighted by atomic mass is 9.90. The molecule has 2 heteroatoms. The molecule has 5 rings (SSSR count). The second-order valence-electron chi connectivity index (χ2n) is 7.51. The Morgan fingerprint density at radius 2 is 1.54 bits per heavy atom. The minimum atomic E-state index is -0.247. The van der Waals surface area contributed by atoms with Crippen molar-refractivity contribution >= 4 is 22.4 Å². The molecule has 4 aromatic carbocycles. The molecule has 4 aromatic rings. The molecule has 0 aromatic heterocycles. The van der Waals surface area contributed by atoms with E-state index in [1.165, 1.54) is 16.3 Å². The van der Waals surface area contributed by atoms with E-state index in [4.69, 9.17) is 0 Å². The SMILES string of the molecule is Cc1ccc2c(c1)C(c1ccc3ccccc3c1)C(=O)N2Cc1ccccc1. The van der Waals surface area contributed by atoms with Gasteiger partial charge in [-0.25, -0.2) is 0 Å². The van der Waals surface area contributed by atoms with E-state index in [1.54, 1.807) is 0 Å². The highest BCUT2D eigenvalue weighted by Crippen LogP contribution is 2.43. The molecule has 0 saturated carbocycles. The number of anilines is 1. The molecule has 0 radical (unpaired) electrons. The third-order valence-corrected chi connectivity index (χ3v) is 5.59. The molecule has 0 saturated heterocycles. The molecule has 1 heterocycles. The van der Waals surface area contributed by atoms with Crippen LogP contribution >= 0.6 is 0 Å². The Balaban J connectivity index is 1.61. The molecule has 0 bridgehead atoms. The molecule has 0 fully saturated rings. The van der Waals surface area contributed by atoms with Crippen LogP contribution < -0.4 is 4.90 Å². The molecule has 1 amide bonds. The van der Waals surface area contributed by atoms with Crippen molar-refractivity contribution < 1.29 is 4.79 Å². The number of carbonyl (C=O) groups is 1. The second kappa shape index (κ2) is 6.65. The van der Waals surface area contributed by atoms with E-state index in [1.807, 2.05) is 35.2 Å². The van der Waals surface area contributed by atoms with Gasteiger partial charge in [-0.1, -0.05) is 90.5 Å². The van der Waals surface area contributed by atoms with Crippen LogP contribution in [0, 0.1) is 6.92 Å². The number of aryl methyl sites for hydroxylation is 1. The zero-order chi connectivity index (χ0) is 19.1. The normalized spacial score (nSPS) is 15.8. The maximum atomic E-state index is 13.5. The summed E-state index contributed by atoms with van der Waals surface area (Å²) in [5, 5.41) is 2.37. The Morgan fingerprint density at radius 3 is 2.36 bits per heavy atom. The third kappa shape index (κ3) is 2.78. The summed E-state index contributed by atoms with van der Waals surface area (Å²) in [5.41, 5.74) is 5.51. The van der Waals surface area contributed by atoms with Crippen LogP contribution in [-0.4, -0.2) is 5.91 Å². The van der Waals surface area contributed by atoms with Crippen LogP contribution in [0.3, 0.4) is 0 Å². The van der Waals surface area contributed by atoms with E-state index in [0.29, 0.717) is 6.54 Å². The molecule has 0 N–H and O–H groups in total. The van der Waals surface area contributed by atoms with Crippen molar-refractivity contribution in [3.05, 3.63) is 113 Å². The second-order valence-corrected chi connectivity index (χ2v) is 7.51. The molecular weight excluding hydrogens is 342 g/mol. The number of amides is 1. The van der Waals surface area contributed by atoms with Gasteiger partial charge in [-0.3, -0.25) is 4.79 Å². The van der Waals surface area contributed by atoms with E-state index < -0.39 is 0 Å². The van der Waals surface area contributed by atoms with Gasteiger partial charge in [-0.2, -0.15) is 0 Å². The lowest BCUT2D eigenvalue weighted by molar-refractivity contribution is -0.118. The third-order valence-electron chi connectivity index (χ3n) is 5.59. The molecule has 2 nitrogen and oxygen atoms in total. The first-order valence-electron chi connectivity index (χ1n) is 9.65. The lowest BCUT2D eigenvalue weighted by Crippen LogP contribution is -2.28. The highest BCUT2D eigenvalue weighted by molar-refractivity contribution is 6.07. The standard InChI is InChI=1S/C26H21NO/c1-18-11-14-24-23(15-18)25(22-13-12-20-9-5-6-10-21(20)16-22)26(28)27(24)17-19-7-3-2-4-8-19/h2-16,25H,17H2,1H3. The average molecular weight is 363 g/mol. The predicted molar refractivity (Wildman–Crippen MR) is 115 cm³/mol. The van der Waals surface area contributed by atoms with Gasteiger partial charge in [0.1, 0.15) is 0 Å². The van der Waals surface area contributed by atoms with Crippen molar-refractivity contribution in [2.45, 2.75) is 19.4 Å². The molecule has 0 spiro atoms. The van der Waals surface area contributed by atoms with Gasteiger partial charge in [0.15, 0.2) is 0 Å². The molecule has 1 aliphatic heterocycles. The first kappa shape index (κ1) is 16.8. The van der Waals surface area contributed by atoms with Crippen LogP contribution in [0.2, 0.25) is 0 Å². The number of fused-ring (bicyclic) bond motifs is 2. The topological polar surface area (TPSA) is 20.3 Å². The smallest absolute Gasteiger partial charge is 0.239 e. The van der Waals surface area contributed by atoms with Gasteiger partial charge in [0.05, 0.1) is 12.5 Å². The van der Waals surface area contributed by atoms with Crippen LogP contribution in [0.5, 0.6) is 0 Å². The van der Waals surface area contributed by atoms with E-state index in [9.17, 15) is 4.79 Å². The van der Waals surface area contributed by atoms with Crippen molar-refractivity contribution in [1.29, 1.82) is 0 Å². The minimum Gasteiger partial charge on any atom is -0.307 e. The van der Waals surface area contributed by atoms with Gasteiger partial charge < -0.3 is 4.90 Å². The van der Waals surface area contributed by atoms with E-state index >= 15 is 0 Å². The number of carbonyl (C=O) groups excluding carboxylic acids is 1. The van der Waals surface area contributed by atoms with Crippen molar-refractivity contribution in [2.24, 2.45) is 0 Å². The van der Waals surface area contributed by atoms with Gasteiger partial charge in [0.2, 0.25) is 5.91 Å². The zero-order valence-corrected chi connectivity index (χ0v) is 15.8. The fraction of sp³-hybridized carbons (Fsp3) is 0.115. The molecule has 1 atom stereocenters. The van der Waals surface area contributed by atoms with Crippen molar-refractivity contribution in [2.75, 3.05) is 4.90 Å². The van der Waals surface area contributed by atoms with Crippen LogP contribution in [0.4, 0.5) is 5.69 Å². The number of hydrogen-bond donors (Lipinski definition) is 0. The Morgan fingerprint density at radius 1 is 0.786 bits per heavy atom. The average Bonchev–Trinajstić information content (AvgIpc) is 2.99. The Kier molecular flexibility index (Phi) is 3.98. The summed E-state index contributed by atoms with van der Waals surface area (Å²) in [6.07, 6.45) is 0. The number of nitrogens with zero attached hydrogens (tertiary/aromatic N) is 1. The van der Waals surface area contributed by atoms with Crippen molar-refractivity contribution in [3.63, 3.8) is 0 Å². The van der Waals surface area contributed by atoms with Crippen molar-refractivity contribution in [1.82, 2.24) is 0 Å². The first-order chi connectivity index (χ1) is 13.7. The summed E-state index contributed by atoms with van der Waals surface area (Å²) in [6.45, 7) is 2.68. The van der Waals surface area contributed by atoms with Gasteiger partial charge in [-0.05, 0) is 40.5 Å². The van der Waals surface area contributed by atoms with Crippen molar-refractivity contribution in [3.8, 4) is 0 Å². The van der Waals surface area contributed by atoms with Crippen LogP contribution in [0.25, 0.3) is 10.8 Å². The summed E-state index contributed by atoms with van der Waals surface area (Å²) in [7, 11) is 0. The molecule has 1 unspecified atom stereocenters. The summed E-state index contributed by atoms with van der Waals surface area (Å²) in [6, 6.07) is 31.2. The number of hydrogen-bond acceptors (Lipinski definition) is 1. The van der Waals surface area contributed by atoms with Crippen LogP contribution in [0.15, 0.2) is 91.0 Å². The largest absolute Gasteiger partial charge is 0.307 e. The van der Waals surface area contributed by atoms with Gasteiger partial charge in [0.25, 0.3) is 0 Å². The predicted octanol–water partition coefficient (Wildman–Crippen LogP) is 5.83. The Hall–Kier alpha value is -3.39. The van der Waals surface area contributed by atoms with Crippen LogP contribution in [-0.2, 0) is 11.3 Å². The van der Waals surface area contributed by atoms with E-state index in [2.05, 4.69) is 67.6 Å². The number of rotatable bonds is 3. The monoisotopic (exact) mass is 363 g/mol. The fourth-order valence-electron chi connectivity index (χ4n) is 4.20. The highest BCUT2D eigenvalue weighted by atomic mass is 16.2. The maximum Gasteiger partial charge on any atom is 0.239 e. The highest BCUT2D eigenvalue weighted by Gasteiger charge is 2.38. The summed E-state index contributed by atoms with van der Waals surface area (Å²) in [4.78, 5) is 15.5. The van der Waals surface area contributed by atoms with E-state index in [0.717, 1.165) is 22.4 Å². The summed E-state index contributed by atoms with van der Waals surface area (Å²) in [5.74, 6) is -0.0945. The molecule has 0 aliphatic carbocycles. The van der Waals surface area contributed by atoms with E-state index in [-0.39, 0.29) is 11.8 Å². The maximum absolute atomic E-state index is 13.5. The van der Waals surface area contributed by atoms with Crippen LogP contribution in [0.1, 0.15) is 28.2 Å². The number of benzene rings is 4. The summed E-state index contributed by atoms with van der Waals surface area (Å²) < 4.78 is 0. The molecule has 1 aliphatic rings. The zero-order valence-electron chi connectivity index (χ0n) is 15.8. The quantitative estimate of drug-likeness (QED) is 0.449. The Bertz CT molecular complexity index is 1180. The van der Waals surface area contributed by atoms with Gasteiger partial charge in [-0.15, -0.1) is 0 Å². The Labute approximate surface area is 165 Å². The first-order valence-corrected chi connectivity index (χ1v) is 9.65.